The van der Waals surface area contributed by atoms with Crippen molar-refractivity contribution >= 4 is 16.9 Å². The summed E-state index contributed by atoms with van der Waals surface area (Å²) < 4.78 is 11.3. The molecule has 5 rings (SSSR count). The lowest BCUT2D eigenvalue weighted by Gasteiger charge is -2.52. The van der Waals surface area contributed by atoms with Gasteiger partial charge in [0.05, 0.1) is 18.7 Å². The molecule has 3 aliphatic rings. The van der Waals surface area contributed by atoms with Crippen molar-refractivity contribution in [2.45, 2.75) is 38.3 Å². The van der Waals surface area contributed by atoms with Crippen LogP contribution in [0.25, 0.3) is 21.3 Å². The predicted molar refractivity (Wildman–Crippen MR) is 113 cm³/mol. The molecule has 1 aromatic heterocycles. The molecule has 4 heterocycles. The summed E-state index contributed by atoms with van der Waals surface area (Å²) in [6.07, 6.45) is 4.42. The van der Waals surface area contributed by atoms with Gasteiger partial charge < -0.3 is 9.47 Å². The number of nitrogens with zero attached hydrogens (tertiary/aromatic N) is 5. The van der Waals surface area contributed by atoms with Gasteiger partial charge >= 0.3 is 5.97 Å². The topological polar surface area (TPSA) is 100 Å². The third-order valence-corrected chi connectivity index (χ3v) is 6.53. The Labute approximate surface area is 175 Å². The van der Waals surface area contributed by atoms with E-state index < -0.39 is 0 Å². The number of azide groups is 1. The van der Waals surface area contributed by atoms with Crippen LogP contribution >= 0.6 is 0 Å². The molecule has 0 spiro atoms. The zero-order chi connectivity index (χ0) is 21.1. The lowest BCUT2D eigenvalue weighted by atomic mass is 9.72. The third-order valence-electron chi connectivity index (χ3n) is 6.53. The average molecular weight is 409 g/mol. The number of aromatic nitrogens is 1. The molecule has 158 valence electrons. The third kappa shape index (κ3) is 4.06. The van der Waals surface area contributed by atoms with Crippen LogP contribution in [-0.4, -0.2) is 48.6 Å². The SMILES string of the molecule is COc1ccc2nccc(C(OC(C)=O)[C@@H]3C[C@@H]4CC[N@@]3C[C@@H]4CCN=[N+]=[N-])c2c1. The predicted octanol–water partition coefficient (Wildman–Crippen LogP) is 4.26. The van der Waals surface area contributed by atoms with Crippen molar-refractivity contribution in [2.24, 2.45) is 17.0 Å². The number of piperidine rings is 3. The van der Waals surface area contributed by atoms with Gasteiger partial charge in [0.25, 0.3) is 0 Å². The van der Waals surface area contributed by atoms with Gasteiger partial charge in [-0.2, -0.15) is 0 Å². The van der Waals surface area contributed by atoms with Gasteiger partial charge in [0, 0.05) is 42.1 Å². The summed E-state index contributed by atoms with van der Waals surface area (Å²) in [6, 6.07) is 7.87. The van der Waals surface area contributed by atoms with Crippen molar-refractivity contribution in [1.82, 2.24) is 9.88 Å². The number of carbonyl (C=O) groups is 1. The van der Waals surface area contributed by atoms with Crippen molar-refractivity contribution in [3.05, 3.63) is 46.5 Å². The van der Waals surface area contributed by atoms with E-state index in [0.29, 0.717) is 18.4 Å². The monoisotopic (exact) mass is 409 g/mol. The van der Waals surface area contributed by atoms with E-state index in [1.165, 1.54) is 6.92 Å². The number of rotatable bonds is 7. The highest BCUT2D eigenvalue weighted by Crippen LogP contribution is 2.44. The van der Waals surface area contributed by atoms with Gasteiger partial charge in [-0.05, 0) is 67.4 Å². The Bertz CT molecular complexity index is 974. The first kappa shape index (κ1) is 20.4. The summed E-state index contributed by atoms with van der Waals surface area (Å²) in [6.45, 7) is 3.95. The highest BCUT2D eigenvalue weighted by atomic mass is 16.5. The maximum atomic E-state index is 12.0. The number of benzene rings is 1. The zero-order valence-electron chi connectivity index (χ0n) is 17.4. The Morgan fingerprint density at radius 3 is 3.00 bits per heavy atom. The molecule has 2 bridgehead atoms. The molecule has 0 N–H and O–H groups in total. The number of pyridine rings is 1. The zero-order valence-corrected chi connectivity index (χ0v) is 17.4. The quantitative estimate of drug-likeness (QED) is 0.294. The van der Waals surface area contributed by atoms with Gasteiger partial charge in [-0.1, -0.05) is 5.11 Å². The molecule has 0 radical (unpaired) electrons. The fourth-order valence-corrected chi connectivity index (χ4v) is 5.14. The molecule has 1 unspecified atom stereocenters. The Balaban J connectivity index is 1.66. The average Bonchev–Trinajstić information content (AvgIpc) is 2.77. The van der Waals surface area contributed by atoms with Crippen LogP contribution in [0.3, 0.4) is 0 Å². The molecule has 0 saturated carbocycles. The number of esters is 1. The van der Waals surface area contributed by atoms with Crippen LogP contribution in [0.1, 0.15) is 37.9 Å². The van der Waals surface area contributed by atoms with Gasteiger partial charge in [-0.25, -0.2) is 0 Å². The Hall–Kier alpha value is -2.83. The molecule has 2 aromatic rings. The lowest BCUT2D eigenvalue weighted by molar-refractivity contribution is -0.155. The largest absolute Gasteiger partial charge is 0.497 e. The normalized spacial score (nSPS) is 26.1. The fourth-order valence-electron chi connectivity index (χ4n) is 5.14. The molecule has 3 saturated heterocycles. The summed E-state index contributed by atoms with van der Waals surface area (Å²) in [4.78, 5) is 21.8. The van der Waals surface area contributed by atoms with Crippen LogP contribution in [0.2, 0.25) is 0 Å². The number of methoxy groups -OCH3 is 1. The van der Waals surface area contributed by atoms with Gasteiger partial charge in [0.15, 0.2) is 0 Å². The van der Waals surface area contributed by atoms with Crippen LogP contribution in [-0.2, 0) is 9.53 Å². The Kier molecular flexibility index (Phi) is 6.06. The van der Waals surface area contributed by atoms with E-state index in [1.54, 1.807) is 13.3 Å². The second kappa shape index (κ2) is 8.90. The second-order valence-corrected chi connectivity index (χ2v) is 8.16. The lowest BCUT2D eigenvalue weighted by Crippen LogP contribution is -2.55. The standard InChI is InChI=1S/C22H27N5O3/c1-14(28)30-22(18-6-8-24-20-4-3-17(29-2)12-19(18)20)21-11-15-7-10-27(21)13-16(15)5-9-25-26-23/h3-4,6,8,12,15-16,21-22H,5,7,9-11,13H2,1-2H3/t15-,16-,21-,22?/m0/s1. The van der Waals surface area contributed by atoms with E-state index in [1.807, 2.05) is 24.3 Å². The first-order valence-electron chi connectivity index (χ1n) is 10.5. The van der Waals surface area contributed by atoms with E-state index in [9.17, 15) is 4.79 Å². The maximum absolute atomic E-state index is 12.0. The highest BCUT2D eigenvalue weighted by Gasteiger charge is 2.44. The summed E-state index contributed by atoms with van der Waals surface area (Å²) in [7, 11) is 1.64. The molecular formula is C22H27N5O3. The van der Waals surface area contributed by atoms with E-state index in [0.717, 1.165) is 54.6 Å². The number of hydrogen-bond acceptors (Lipinski definition) is 6. The van der Waals surface area contributed by atoms with Crippen LogP contribution in [0.4, 0.5) is 0 Å². The van der Waals surface area contributed by atoms with E-state index >= 15 is 0 Å². The number of carbonyl (C=O) groups excluding carboxylic acids is 1. The minimum Gasteiger partial charge on any atom is -0.497 e. The van der Waals surface area contributed by atoms with Crippen molar-refractivity contribution in [3.8, 4) is 5.75 Å². The summed E-state index contributed by atoms with van der Waals surface area (Å²) >= 11 is 0. The molecule has 3 aliphatic heterocycles. The fraction of sp³-hybridized carbons (Fsp3) is 0.545. The molecule has 3 fully saturated rings. The molecular weight excluding hydrogens is 382 g/mol. The molecule has 0 aliphatic carbocycles. The number of ether oxygens (including phenoxy) is 2. The van der Waals surface area contributed by atoms with Crippen molar-refractivity contribution in [3.63, 3.8) is 0 Å². The Morgan fingerprint density at radius 1 is 1.43 bits per heavy atom. The summed E-state index contributed by atoms with van der Waals surface area (Å²) in [5.74, 6) is 1.54. The van der Waals surface area contributed by atoms with Crippen LogP contribution in [0.5, 0.6) is 5.75 Å². The van der Waals surface area contributed by atoms with Crippen molar-refractivity contribution in [2.75, 3.05) is 26.7 Å². The van der Waals surface area contributed by atoms with Gasteiger partial charge in [0.2, 0.25) is 0 Å². The van der Waals surface area contributed by atoms with Crippen LogP contribution in [0.15, 0.2) is 35.6 Å². The smallest absolute Gasteiger partial charge is 0.303 e. The molecule has 1 aromatic carbocycles. The molecule has 8 nitrogen and oxygen atoms in total. The minimum absolute atomic E-state index is 0.125. The van der Waals surface area contributed by atoms with Crippen LogP contribution in [0, 0.1) is 11.8 Å². The van der Waals surface area contributed by atoms with E-state index in [2.05, 4.69) is 19.9 Å². The van der Waals surface area contributed by atoms with Gasteiger partial charge in [-0.15, -0.1) is 0 Å². The molecule has 30 heavy (non-hydrogen) atoms. The van der Waals surface area contributed by atoms with Crippen molar-refractivity contribution in [1.29, 1.82) is 0 Å². The number of hydrogen-bond donors (Lipinski definition) is 0. The summed E-state index contributed by atoms with van der Waals surface area (Å²) in [5, 5.41) is 4.66. The van der Waals surface area contributed by atoms with E-state index in [-0.39, 0.29) is 18.1 Å². The molecule has 0 amide bonds. The Morgan fingerprint density at radius 2 is 2.30 bits per heavy atom. The summed E-state index contributed by atoms with van der Waals surface area (Å²) in [5.41, 5.74) is 10.4. The molecule has 5 atom stereocenters. The maximum Gasteiger partial charge on any atom is 0.303 e. The first-order valence-corrected chi connectivity index (χ1v) is 10.5. The highest BCUT2D eigenvalue weighted by molar-refractivity contribution is 5.84. The van der Waals surface area contributed by atoms with Crippen LogP contribution < -0.4 is 4.74 Å². The minimum atomic E-state index is -0.360. The molecule has 8 heteroatoms. The van der Waals surface area contributed by atoms with Gasteiger partial charge in [-0.3, -0.25) is 14.7 Å². The van der Waals surface area contributed by atoms with Gasteiger partial charge in [0.1, 0.15) is 11.9 Å². The van der Waals surface area contributed by atoms with Crippen molar-refractivity contribution < 1.29 is 14.3 Å². The van der Waals surface area contributed by atoms with E-state index in [4.69, 9.17) is 15.0 Å². The second-order valence-electron chi connectivity index (χ2n) is 8.16. The first-order chi connectivity index (χ1) is 14.6. The number of fused-ring (bicyclic) bond motifs is 4.